The fourth-order valence-electron chi connectivity index (χ4n) is 1.52. The van der Waals surface area contributed by atoms with E-state index in [4.69, 9.17) is 17.2 Å². The van der Waals surface area contributed by atoms with Gasteiger partial charge in [0.05, 0.1) is 0 Å². The number of nitrogens with one attached hydrogen (secondary N) is 1. The van der Waals surface area contributed by atoms with Crippen molar-refractivity contribution in [1.29, 1.82) is 0 Å². The van der Waals surface area contributed by atoms with Gasteiger partial charge in [0.15, 0.2) is 0 Å². The van der Waals surface area contributed by atoms with Gasteiger partial charge in [-0.05, 0) is 38.6 Å². The molecule has 0 aliphatic rings. The summed E-state index contributed by atoms with van der Waals surface area (Å²) in [6.45, 7) is 4.12. The van der Waals surface area contributed by atoms with Crippen LogP contribution in [-0.2, 0) is 9.59 Å². The van der Waals surface area contributed by atoms with Crippen molar-refractivity contribution in [1.82, 2.24) is 5.32 Å². The third-order valence-corrected chi connectivity index (χ3v) is 2.53. The summed E-state index contributed by atoms with van der Waals surface area (Å²) in [6, 6.07) is -0.606. The van der Waals surface area contributed by atoms with Crippen LogP contribution in [0.2, 0.25) is 0 Å². The highest BCUT2D eigenvalue weighted by molar-refractivity contribution is 5.86. The summed E-state index contributed by atoms with van der Waals surface area (Å²) in [7, 11) is 0. The van der Waals surface area contributed by atoms with Crippen molar-refractivity contribution in [2.24, 2.45) is 17.2 Å². The second-order valence-electron chi connectivity index (χ2n) is 4.32. The number of carbonyl (C=O) groups excluding carboxylic acids is 2. The van der Waals surface area contributed by atoms with Gasteiger partial charge in [0.25, 0.3) is 0 Å². The maximum absolute atomic E-state index is 11.6. The molecule has 104 valence electrons. The normalized spacial score (nSPS) is 11.8. The summed E-state index contributed by atoms with van der Waals surface area (Å²) in [5.41, 5.74) is 16.5. The van der Waals surface area contributed by atoms with Gasteiger partial charge in [0, 0.05) is 12.1 Å². The van der Waals surface area contributed by atoms with Crippen LogP contribution in [-0.4, -0.2) is 24.4 Å². The molecule has 0 bridgehead atoms. The van der Waals surface area contributed by atoms with Crippen LogP contribution in [0, 0.1) is 0 Å². The second-order valence-corrected chi connectivity index (χ2v) is 4.32. The van der Waals surface area contributed by atoms with E-state index in [0.717, 1.165) is 12.8 Å². The number of hydrogen-bond donors (Lipinski definition) is 4. The molecule has 2 amide bonds. The molecule has 0 fully saturated rings. The molecule has 0 saturated heterocycles. The van der Waals surface area contributed by atoms with Crippen LogP contribution in [0.5, 0.6) is 0 Å². The SMILES string of the molecule is C=C(N)CCCC(=O)N[C@@H](CCCCN)C(N)=O. The largest absolute Gasteiger partial charge is 0.403 e. The molecular formula is C12H24N4O2. The Kier molecular flexibility index (Phi) is 8.65. The van der Waals surface area contributed by atoms with Crippen molar-refractivity contribution >= 4 is 11.8 Å². The smallest absolute Gasteiger partial charge is 0.239 e. The lowest BCUT2D eigenvalue weighted by Gasteiger charge is -2.15. The van der Waals surface area contributed by atoms with Gasteiger partial charge in [-0.2, -0.15) is 0 Å². The first-order valence-electron chi connectivity index (χ1n) is 6.19. The number of carbonyl (C=O) groups is 2. The van der Waals surface area contributed by atoms with Crippen LogP contribution in [0.25, 0.3) is 0 Å². The van der Waals surface area contributed by atoms with Crippen LogP contribution in [0.15, 0.2) is 12.3 Å². The van der Waals surface area contributed by atoms with Crippen LogP contribution in [0.3, 0.4) is 0 Å². The van der Waals surface area contributed by atoms with E-state index in [1.165, 1.54) is 0 Å². The summed E-state index contributed by atoms with van der Waals surface area (Å²) in [5.74, 6) is -0.698. The lowest BCUT2D eigenvalue weighted by atomic mass is 10.1. The Hall–Kier alpha value is -1.56. The Bertz CT molecular complexity index is 292. The van der Waals surface area contributed by atoms with Crippen LogP contribution in [0.1, 0.15) is 38.5 Å². The zero-order chi connectivity index (χ0) is 14.0. The molecule has 0 heterocycles. The number of primary amides is 1. The summed E-state index contributed by atoms with van der Waals surface area (Å²) < 4.78 is 0. The molecule has 0 aliphatic carbocycles. The molecule has 0 aromatic rings. The molecule has 18 heavy (non-hydrogen) atoms. The minimum absolute atomic E-state index is 0.187. The molecule has 6 nitrogen and oxygen atoms in total. The number of unbranched alkanes of at least 4 members (excludes halogenated alkanes) is 1. The molecule has 7 N–H and O–H groups in total. The highest BCUT2D eigenvalue weighted by Gasteiger charge is 2.16. The first-order chi connectivity index (χ1) is 8.47. The number of allylic oxidation sites excluding steroid dienone is 1. The van der Waals surface area contributed by atoms with Crippen molar-refractivity contribution in [2.45, 2.75) is 44.6 Å². The van der Waals surface area contributed by atoms with Crippen molar-refractivity contribution in [3.63, 3.8) is 0 Å². The highest BCUT2D eigenvalue weighted by atomic mass is 16.2. The van der Waals surface area contributed by atoms with E-state index in [9.17, 15) is 9.59 Å². The van der Waals surface area contributed by atoms with Gasteiger partial charge in [-0.15, -0.1) is 0 Å². The quantitative estimate of drug-likeness (QED) is 0.401. The first kappa shape index (κ1) is 16.4. The molecule has 0 aromatic carbocycles. The summed E-state index contributed by atoms with van der Waals surface area (Å²) in [6.07, 6.45) is 3.65. The Morgan fingerprint density at radius 2 is 1.78 bits per heavy atom. The van der Waals surface area contributed by atoms with E-state index in [-0.39, 0.29) is 5.91 Å². The summed E-state index contributed by atoms with van der Waals surface area (Å²) in [4.78, 5) is 22.7. The van der Waals surface area contributed by atoms with Crippen molar-refractivity contribution in [2.75, 3.05) is 6.54 Å². The molecule has 0 saturated carbocycles. The van der Waals surface area contributed by atoms with E-state index in [0.29, 0.717) is 37.9 Å². The fraction of sp³-hybridized carbons (Fsp3) is 0.667. The summed E-state index contributed by atoms with van der Waals surface area (Å²) in [5, 5.41) is 2.62. The van der Waals surface area contributed by atoms with Gasteiger partial charge < -0.3 is 22.5 Å². The van der Waals surface area contributed by atoms with Gasteiger partial charge in [-0.1, -0.05) is 6.58 Å². The van der Waals surface area contributed by atoms with Crippen LogP contribution < -0.4 is 22.5 Å². The molecular weight excluding hydrogens is 232 g/mol. The van der Waals surface area contributed by atoms with E-state index < -0.39 is 11.9 Å². The zero-order valence-corrected chi connectivity index (χ0v) is 10.8. The topological polar surface area (TPSA) is 124 Å². The zero-order valence-electron chi connectivity index (χ0n) is 10.8. The molecule has 0 spiro atoms. The molecule has 0 aromatic heterocycles. The van der Waals surface area contributed by atoms with Crippen LogP contribution in [0.4, 0.5) is 0 Å². The van der Waals surface area contributed by atoms with Gasteiger partial charge in [-0.3, -0.25) is 9.59 Å². The van der Waals surface area contributed by atoms with Gasteiger partial charge in [0.2, 0.25) is 11.8 Å². The average Bonchev–Trinajstić information content (AvgIpc) is 2.27. The van der Waals surface area contributed by atoms with E-state index >= 15 is 0 Å². The van der Waals surface area contributed by atoms with Gasteiger partial charge in [-0.25, -0.2) is 0 Å². The van der Waals surface area contributed by atoms with Crippen molar-refractivity contribution in [3.05, 3.63) is 12.3 Å². The minimum Gasteiger partial charge on any atom is -0.403 e. The second kappa shape index (κ2) is 9.47. The third-order valence-electron chi connectivity index (χ3n) is 2.53. The fourth-order valence-corrected chi connectivity index (χ4v) is 1.52. The standard InChI is InChI=1S/C12H24N4O2/c1-9(14)5-4-7-11(17)16-10(12(15)18)6-2-3-8-13/h10H,1-8,13-14H2,(H2,15,18)(H,16,17)/t10-/m0/s1. The number of amides is 2. The third kappa shape index (κ3) is 8.58. The van der Waals surface area contributed by atoms with Crippen LogP contribution >= 0.6 is 0 Å². The first-order valence-corrected chi connectivity index (χ1v) is 6.19. The van der Waals surface area contributed by atoms with E-state index in [1.807, 2.05) is 0 Å². The lowest BCUT2D eigenvalue weighted by Crippen LogP contribution is -2.44. The van der Waals surface area contributed by atoms with E-state index in [1.54, 1.807) is 0 Å². The molecule has 0 radical (unpaired) electrons. The Morgan fingerprint density at radius 3 is 2.28 bits per heavy atom. The van der Waals surface area contributed by atoms with Gasteiger partial charge in [0.1, 0.15) is 6.04 Å². The predicted molar refractivity (Wildman–Crippen MR) is 71.2 cm³/mol. The van der Waals surface area contributed by atoms with Gasteiger partial charge >= 0.3 is 0 Å². The molecule has 0 rings (SSSR count). The maximum Gasteiger partial charge on any atom is 0.239 e. The molecule has 6 heteroatoms. The van der Waals surface area contributed by atoms with Crippen molar-refractivity contribution in [3.8, 4) is 0 Å². The monoisotopic (exact) mass is 256 g/mol. The van der Waals surface area contributed by atoms with Crippen molar-refractivity contribution < 1.29 is 9.59 Å². The highest BCUT2D eigenvalue weighted by Crippen LogP contribution is 2.03. The Labute approximate surface area is 108 Å². The number of rotatable bonds is 10. The Morgan fingerprint density at radius 1 is 1.11 bits per heavy atom. The number of hydrogen-bond acceptors (Lipinski definition) is 4. The Balaban J connectivity index is 3.96. The van der Waals surface area contributed by atoms with E-state index in [2.05, 4.69) is 11.9 Å². The summed E-state index contributed by atoms with van der Waals surface area (Å²) >= 11 is 0. The minimum atomic E-state index is -0.606. The molecule has 0 aliphatic heterocycles. The number of nitrogens with two attached hydrogens (primary N) is 3. The molecule has 1 atom stereocenters. The lowest BCUT2D eigenvalue weighted by molar-refractivity contribution is -0.127. The maximum atomic E-state index is 11.6. The predicted octanol–water partition coefficient (Wildman–Crippen LogP) is -0.272. The average molecular weight is 256 g/mol. The molecule has 0 unspecified atom stereocenters.